The van der Waals surface area contributed by atoms with Crippen LogP contribution in [0.1, 0.15) is 38.1 Å². The Morgan fingerprint density at radius 1 is 1.10 bits per heavy atom. The Morgan fingerprint density at radius 3 is 2.23 bits per heavy atom. The lowest BCUT2D eigenvalue weighted by atomic mass is 10.1. The highest BCUT2D eigenvalue weighted by atomic mass is 32.2. The Hall–Kier alpha value is -2.92. The van der Waals surface area contributed by atoms with E-state index in [1.54, 1.807) is 47.0 Å². The van der Waals surface area contributed by atoms with Gasteiger partial charge in [-0.25, -0.2) is 22.7 Å². The van der Waals surface area contributed by atoms with Gasteiger partial charge in [0.25, 0.3) is 15.9 Å². The third kappa shape index (κ3) is 5.16. The molecule has 0 fully saturated rings. The van der Waals surface area contributed by atoms with Gasteiger partial charge in [-0.3, -0.25) is 10.1 Å². The van der Waals surface area contributed by atoms with Crippen LogP contribution in [0.2, 0.25) is 0 Å². The van der Waals surface area contributed by atoms with Gasteiger partial charge in [0.2, 0.25) is 0 Å². The van der Waals surface area contributed by atoms with Crippen LogP contribution in [-0.2, 0) is 14.8 Å². The quantitative estimate of drug-likeness (QED) is 0.649. The van der Waals surface area contributed by atoms with E-state index in [2.05, 4.69) is 5.32 Å². The number of amides is 3. The largest absolute Gasteiger partial charge is 0.462 e. The third-order valence-corrected chi connectivity index (χ3v) is 6.55. The molecule has 0 bridgehead atoms. The van der Waals surface area contributed by atoms with Crippen LogP contribution >= 0.6 is 11.3 Å². The monoisotopic (exact) mass is 453 g/mol. The van der Waals surface area contributed by atoms with Crippen molar-refractivity contribution in [3.63, 3.8) is 0 Å². The minimum atomic E-state index is -4.12. The zero-order valence-electron chi connectivity index (χ0n) is 17.2. The van der Waals surface area contributed by atoms with E-state index in [0.717, 1.165) is 16.9 Å². The molecule has 0 aliphatic heterocycles. The van der Waals surface area contributed by atoms with Gasteiger partial charge in [-0.2, -0.15) is 0 Å². The summed E-state index contributed by atoms with van der Waals surface area (Å²) in [5.41, 5.74) is 1.22. The molecular formula is C19H23N3O6S2. The first-order chi connectivity index (χ1) is 14.0. The number of ether oxygens (including phenoxy) is 1. The molecule has 0 spiro atoms. The normalized spacial score (nSPS) is 11.0. The van der Waals surface area contributed by atoms with Gasteiger partial charge in [0.15, 0.2) is 0 Å². The number of hydrogen-bond donors (Lipinski definition) is 2. The molecule has 162 valence electrons. The number of anilines is 1. The van der Waals surface area contributed by atoms with Crippen molar-refractivity contribution >= 4 is 44.3 Å². The first kappa shape index (κ1) is 23.4. The Labute approximate surface area is 179 Å². The van der Waals surface area contributed by atoms with E-state index in [9.17, 15) is 22.8 Å². The third-order valence-electron chi connectivity index (χ3n) is 4.01. The number of sulfonamides is 1. The van der Waals surface area contributed by atoms with Crippen LogP contribution in [0.15, 0.2) is 29.2 Å². The molecule has 0 radical (unpaired) electrons. The van der Waals surface area contributed by atoms with Crippen LogP contribution in [0.3, 0.4) is 0 Å². The van der Waals surface area contributed by atoms with Gasteiger partial charge in [-0.1, -0.05) is 17.7 Å². The zero-order valence-corrected chi connectivity index (χ0v) is 18.9. The topological polar surface area (TPSA) is 122 Å². The van der Waals surface area contributed by atoms with Crippen LogP contribution in [0, 0.1) is 13.8 Å². The summed E-state index contributed by atoms with van der Waals surface area (Å²) in [5.74, 6) is -1.08. The van der Waals surface area contributed by atoms with Crippen LogP contribution < -0.4 is 10.0 Å². The molecular weight excluding hydrogens is 430 g/mol. The Balaban J connectivity index is 2.34. The molecule has 0 aliphatic carbocycles. The molecule has 0 unspecified atom stereocenters. The molecule has 0 saturated heterocycles. The SMILES string of the molecule is CCOC(=O)c1c(NC(=O)NS(=O)(=O)c2ccc(C)cc2)sc(C(=O)N(C)C)c1C. The van der Waals surface area contributed by atoms with E-state index in [1.807, 2.05) is 4.72 Å². The van der Waals surface area contributed by atoms with Crippen LogP contribution in [-0.4, -0.2) is 51.9 Å². The fourth-order valence-electron chi connectivity index (χ4n) is 2.48. The lowest BCUT2D eigenvalue weighted by Gasteiger charge is -2.09. The summed E-state index contributed by atoms with van der Waals surface area (Å²) >= 11 is 0.870. The van der Waals surface area contributed by atoms with Gasteiger partial charge in [0.05, 0.1) is 21.9 Å². The maximum absolute atomic E-state index is 12.4. The summed E-state index contributed by atoms with van der Waals surface area (Å²) in [4.78, 5) is 38.6. The first-order valence-electron chi connectivity index (χ1n) is 8.90. The minimum absolute atomic E-state index is 0.00920. The highest BCUT2D eigenvalue weighted by Gasteiger charge is 2.28. The summed E-state index contributed by atoms with van der Waals surface area (Å²) in [6.45, 7) is 5.09. The lowest BCUT2D eigenvalue weighted by molar-refractivity contribution is 0.0527. The van der Waals surface area contributed by atoms with E-state index in [4.69, 9.17) is 4.74 Å². The predicted molar refractivity (Wildman–Crippen MR) is 114 cm³/mol. The summed E-state index contributed by atoms with van der Waals surface area (Å²) in [6.07, 6.45) is 0. The number of thiophene rings is 1. The van der Waals surface area contributed by atoms with Gasteiger partial charge in [-0.05, 0) is 38.5 Å². The number of benzene rings is 1. The number of carbonyl (C=O) groups excluding carboxylic acids is 3. The number of rotatable bonds is 6. The molecule has 0 aliphatic rings. The van der Waals surface area contributed by atoms with Crippen molar-refractivity contribution in [2.45, 2.75) is 25.7 Å². The van der Waals surface area contributed by atoms with Crippen molar-refractivity contribution in [1.29, 1.82) is 0 Å². The second kappa shape index (κ2) is 9.26. The molecule has 11 heteroatoms. The number of esters is 1. The molecule has 0 saturated carbocycles. The zero-order chi connectivity index (χ0) is 22.6. The van der Waals surface area contributed by atoms with Crippen molar-refractivity contribution in [3.05, 3.63) is 45.8 Å². The van der Waals surface area contributed by atoms with Gasteiger partial charge in [0.1, 0.15) is 5.00 Å². The van der Waals surface area contributed by atoms with Crippen LogP contribution in [0.5, 0.6) is 0 Å². The van der Waals surface area contributed by atoms with Gasteiger partial charge >= 0.3 is 12.0 Å². The standard InChI is InChI=1S/C19H23N3O6S2/c1-6-28-18(24)14-12(3)15(17(23)22(4)5)29-16(14)20-19(25)21-30(26,27)13-9-7-11(2)8-10-13/h7-10H,6H2,1-5H3,(H2,20,21,25). The van der Waals surface area contributed by atoms with E-state index < -0.39 is 22.0 Å². The molecule has 2 aromatic rings. The maximum Gasteiger partial charge on any atom is 0.341 e. The predicted octanol–water partition coefficient (Wildman–Crippen LogP) is 2.75. The Kier molecular flexibility index (Phi) is 7.21. The van der Waals surface area contributed by atoms with Crippen molar-refractivity contribution in [2.24, 2.45) is 0 Å². The first-order valence-corrected chi connectivity index (χ1v) is 11.2. The van der Waals surface area contributed by atoms with Crippen molar-refractivity contribution in [1.82, 2.24) is 9.62 Å². The number of urea groups is 1. The Bertz CT molecular complexity index is 1070. The summed E-state index contributed by atoms with van der Waals surface area (Å²) in [6, 6.07) is 4.89. The van der Waals surface area contributed by atoms with Crippen LogP contribution in [0.25, 0.3) is 0 Å². The summed E-state index contributed by atoms with van der Waals surface area (Å²) in [5, 5.41) is 2.38. The molecule has 3 amide bonds. The fourth-order valence-corrected chi connectivity index (χ4v) is 4.60. The molecule has 1 aromatic carbocycles. The minimum Gasteiger partial charge on any atom is -0.462 e. The second-order valence-electron chi connectivity index (χ2n) is 6.55. The molecule has 0 atom stereocenters. The average Bonchev–Trinajstić information content (AvgIpc) is 2.96. The molecule has 2 N–H and O–H groups in total. The van der Waals surface area contributed by atoms with E-state index in [-0.39, 0.29) is 32.9 Å². The van der Waals surface area contributed by atoms with Crippen molar-refractivity contribution in [2.75, 3.05) is 26.0 Å². The second-order valence-corrected chi connectivity index (χ2v) is 9.26. The van der Waals surface area contributed by atoms with Crippen molar-refractivity contribution < 1.29 is 27.5 Å². The van der Waals surface area contributed by atoms with E-state index in [0.29, 0.717) is 5.56 Å². The number of nitrogens with zero attached hydrogens (tertiary/aromatic N) is 1. The maximum atomic E-state index is 12.4. The lowest BCUT2D eigenvalue weighted by Crippen LogP contribution is -2.34. The molecule has 2 rings (SSSR count). The number of nitrogens with one attached hydrogen (secondary N) is 2. The average molecular weight is 454 g/mol. The molecule has 1 heterocycles. The molecule has 1 aromatic heterocycles. The van der Waals surface area contributed by atoms with Gasteiger partial charge < -0.3 is 9.64 Å². The smallest absolute Gasteiger partial charge is 0.341 e. The highest BCUT2D eigenvalue weighted by Crippen LogP contribution is 2.34. The van der Waals surface area contributed by atoms with Gasteiger partial charge in [-0.15, -0.1) is 11.3 Å². The molecule has 9 nitrogen and oxygen atoms in total. The van der Waals surface area contributed by atoms with E-state index in [1.165, 1.54) is 17.0 Å². The van der Waals surface area contributed by atoms with E-state index >= 15 is 0 Å². The van der Waals surface area contributed by atoms with Gasteiger partial charge in [0, 0.05) is 14.1 Å². The summed E-state index contributed by atoms with van der Waals surface area (Å²) in [7, 11) is -1.01. The Morgan fingerprint density at radius 2 is 1.70 bits per heavy atom. The number of hydrogen-bond acceptors (Lipinski definition) is 7. The van der Waals surface area contributed by atoms with Crippen LogP contribution in [0.4, 0.5) is 9.80 Å². The molecule has 30 heavy (non-hydrogen) atoms. The summed E-state index contributed by atoms with van der Waals surface area (Å²) < 4.78 is 31.7. The highest BCUT2D eigenvalue weighted by molar-refractivity contribution is 7.90. The number of carbonyl (C=O) groups is 3. The van der Waals surface area contributed by atoms with Crippen molar-refractivity contribution in [3.8, 4) is 0 Å². The fraction of sp³-hybridized carbons (Fsp3) is 0.316. The number of aryl methyl sites for hydroxylation is 1.